The Hall–Kier alpha value is -3.33. The summed E-state index contributed by atoms with van der Waals surface area (Å²) in [5.41, 5.74) is 1.91. The predicted molar refractivity (Wildman–Crippen MR) is 108 cm³/mol. The maximum atomic E-state index is 13.2. The average Bonchev–Trinajstić information content (AvgIpc) is 3.13. The van der Waals surface area contributed by atoms with E-state index in [4.69, 9.17) is 0 Å². The van der Waals surface area contributed by atoms with Crippen molar-refractivity contribution in [2.45, 2.75) is 0 Å². The number of halogens is 2. The molecule has 4 rings (SSSR count). The highest BCUT2D eigenvalue weighted by Crippen LogP contribution is 2.23. The van der Waals surface area contributed by atoms with Crippen LogP contribution in [0.3, 0.4) is 0 Å². The van der Waals surface area contributed by atoms with Crippen LogP contribution in [0.15, 0.2) is 65.5 Å². The molecule has 0 aliphatic rings. The number of para-hydroxylation sites is 1. The molecule has 0 aliphatic heterocycles. The molecule has 2 aromatic heterocycles. The van der Waals surface area contributed by atoms with Crippen LogP contribution in [0.1, 0.15) is 0 Å². The number of nitrogens with zero attached hydrogens (tertiary/aromatic N) is 4. The second-order valence-corrected chi connectivity index (χ2v) is 6.73. The number of nitrogens with one attached hydrogen (secondary N) is 2. The summed E-state index contributed by atoms with van der Waals surface area (Å²) in [7, 11) is 0. The minimum absolute atomic E-state index is 0.0230. The topological polar surface area (TPSA) is 84.7 Å². The Bertz CT molecular complexity index is 1140. The molecule has 140 valence electrons. The quantitative estimate of drug-likeness (QED) is 0.493. The Morgan fingerprint density at radius 3 is 2.68 bits per heavy atom. The lowest BCUT2D eigenvalue weighted by molar-refractivity contribution is -0.114. The fourth-order valence-electron chi connectivity index (χ4n) is 2.68. The van der Waals surface area contributed by atoms with Crippen molar-refractivity contribution in [1.82, 2.24) is 19.7 Å². The minimum atomic E-state index is -0.326. The molecule has 0 unspecified atom stereocenters. The number of benzene rings is 2. The molecule has 28 heavy (non-hydrogen) atoms. The highest BCUT2D eigenvalue weighted by atomic mass is 79.9. The van der Waals surface area contributed by atoms with Gasteiger partial charge in [0.25, 0.3) is 0 Å². The van der Waals surface area contributed by atoms with Gasteiger partial charge < -0.3 is 10.6 Å². The normalized spacial score (nSPS) is 10.8. The van der Waals surface area contributed by atoms with E-state index in [1.807, 2.05) is 18.2 Å². The molecule has 0 atom stereocenters. The molecule has 7 nitrogen and oxygen atoms in total. The number of carbonyl (C=O) groups is 1. The van der Waals surface area contributed by atoms with Crippen LogP contribution in [0.25, 0.3) is 16.7 Å². The third-order valence-electron chi connectivity index (χ3n) is 4.00. The standard InChI is InChI=1S/C19H14BrFN6O/c20-15-3-1-2-4-16(15)26-17(28)10-22-18-14-9-25-27(19(14)24-11-23-18)13-7-5-12(21)6-8-13/h1-9,11H,10H2,(H,26,28)(H,22,23,24). The van der Waals surface area contributed by atoms with Gasteiger partial charge in [-0.3, -0.25) is 4.79 Å². The zero-order valence-electron chi connectivity index (χ0n) is 14.4. The molecule has 9 heteroatoms. The molecule has 0 spiro atoms. The van der Waals surface area contributed by atoms with Gasteiger partial charge in [0.05, 0.1) is 29.5 Å². The Kier molecular flexibility index (Phi) is 4.98. The zero-order chi connectivity index (χ0) is 19.5. The number of anilines is 2. The number of rotatable bonds is 5. The molecule has 0 saturated heterocycles. The van der Waals surface area contributed by atoms with Gasteiger partial charge in [0.2, 0.25) is 5.91 Å². The Labute approximate surface area is 167 Å². The Morgan fingerprint density at radius 2 is 1.89 bits per heavy atom. The third kappa shape index (κ3) is 3.70. The summed E-state index contributed by atoms with van der Waals surface area (Å²) in [5, 5.41) is 10.8. The van der Waals surface area contributed by atoms with Crippen molar-refractivity contribution < 1.29 is 9.18 Å². The summed E-state index contributed by atoms with van der Waals surface area (Å²) in [6.45, 7) is 0.0230. The first-order valence-electron chi connectivity index (χ1n) is 8.35. The fraction of sp³-hybridized carbons (Fsp3) is 0.0526. The summed E-state index contributed by atoms with van der Waals surface area (Å²) < 4.78 is 15.5. The maximum absolute atomic E-state index is 13.2. The van der Waals surface area contributed by atoms with Crippen LogP contribution in [-0.4, -0.2) is 32.2 Å². The number of carbonyl (C=O) groups excluding carboxylic acids is 1. The Morgan fingerprint density at radius 1 is 1.11 bits per heavy atom. The smallest absolute Gasteiger partial charge is 0.243 e. The van der Waals surface area contributed by atoms with Crippen LogP contribution in [0.2, 0.25) is 0 Å². The molecule has 0 bridgehead atoms. The van der Waals surface area contributed by atoms with Crippen LogP contribution in [0, 0.1) is 5.82 Å². The summed E-state index contributed by atoms with van der Waals surface area (Å²) in [6, 6.07) is 13.3. The predicted octanol–water partition coefficient (Wildman–Crippen LogP) is 3.77. The first-order valence-corrected chi connectivity index (χ1v) is 9.14. The molecular formula is C19H14BrFN6O. The average molecular weight is 441 g/mol. The van der Waals surface area contributed by atoms with E-state index in [1.165, 1.54) is 18.5 Å². The molecule has 2 N–H and O–H groups in total. The molecule has 2 aromatic carbocycles. The maximum Gasteiger partial charge on any atom is 0.243 e. The van der Waals surface area contributed by atoms with E-state index in [2.05, 4.69) is 41.6 Å². The van der Waals surface area contributed by atoms with Gasteiger partial charge >= 0.3 is 0 Å². The van der Waals surface area contributed by atoms with Crippen molar-refractivity contribution in [2.75, 3.05) is 17.2 Å². The minimum Gasteiger partial charge on any atom is -0.360 e. The molecular weight excluding hydrogens is 427 g/mol. The van der Waals surface area contributed by atoms with Crippen molar-refractivity contribution in [3.63, 3.8) is 0 Å². The summed E-state index contributed by atoms with van der Waals surface area (Å²) >= 11 is 3.39. The van der Waals surface area contributed by atoms with Crippen molar-refractivity contribution in [3.05, 3.63) is 71.3 Å². The summed E-state index contributed by atoms with van der Waals surface area (Å²) in [5.74, 6) is -0.0570. The fourth-order valence-corrected chi connectivity index (χ4v) is 3.06. The van der Waals surface area contributed by atoms with Gasteiger partial charge in [-0.1, -0.05) is 12.1 Å². The largest absolute Gasteiger partial charge is 0.360 e. The van der Waals surface area contributed by atoms with Crippen LogP contribution in [0.5, 0.6) is 0 Å². The van der Waals surface area contributed by atoms with E-state index >= 15 is 0 Å². The molecule has 0 radical (unpaired) electrons. The SMILES string of the molecule is O=C(CNc1ncnc2c1cnn2-c1ccc(F)cc1)Nc1ccccc1Br. The van der Waals surface area contributed by atoms with Crippen molar-refractivity contribution >= 4 is 44.4 Å². The van der Waals surface area contributed by atoms with E-state index < -0.39 is 0 Å². The number of fused-ring (bicyclic) bond motifs is 1. The van der Waals surface area contributed by atoms with Crippen molar-refractivity contribution in [2.24, 2.45) is 0 Å². The van der Waals surface area contributed by atoms with Crippen LogP contribution >= 0.6 is 15.9 Å². The third-order valence-corrected chi connectivity index (χ3v) is 4.69. The number of hydrogen-bond donors (Lipinski definition) is 2. The Balaban J connectivity index is 1.52. The van der Waals surface area contributed by atoms with Gasteiger partial charge in [-0.25, -0.2) is 19.0 Å². The molecule has 0 saturated carbocycles. The van der Waals surface area contributed by atoms with E-state index in [-0.39, 0.29) is 18.3 Å². The lowest BCUT2D eigenvalue weighted by Crippen LogP contribution is -2.22. The summed E-state index contributed by atoms with van der Waals surface area (Å²) in [6.07, 6.45) is 2.99. The lowest BCUT2D eigenvalue weighted by Gasteiger charge is -2.09. The number of hydrogen-bond acceptors (Lipinski definition) is 5. The highest BCUT2D eigenvalue weighted by molar-refractivity contribution is 9.10. The first-order chi connectivity index (χ1) is 13.6. The second-order valence-electron chi connectivity index (χ2n) is 5.87. The van der Waals surface area contributed by atoms with Crippen LogP contribution < -0.4 is 10.6 Å². The van der Waals surface area contributed by atoms with Gasteiger partial charge in [0.15, 0.2) is 5.65 Å². The number of aromatic nitrogens is 4. The van der Waals surface area contributed by atoms with Crippen molar-refractivity contribution in [1.29, 1.82) is 0 Å². The first kappa shape index (κ1) is 18.1. The van der Waals surface area contributed by atoms with Gasteiger partial charge in [0.1, 0.15) is 18.0 Å². The lowest BCUT2D eigenvalue weighted by atomic mass is 10.3. The van der Waals surface area contributed by atoms with Crippen LogP contribution in [-0.2, 0) is 4.79 Å². The van der Waals surface area contributed by atoms with E-state index in [0.29, 0.717) is 28.2 Å². The zero-order valence-corrected chi connectivity index (χ0v) is 16.0. The number of amides is 1. The van der Waals surface area contributed by atoms with Gasteiger partial charge in [0, 0.05) is 4.47 Å². The summed E-state index contributed by atoms with van der Waals surface area (Å²) in [4.78, 5) is 20.7. The molecule has 4 aromatic rings. The van der Waals surface area contributed by atoms with Gasteiger partial charge in [-0.05, 0) is 52.3 Å². The molecule has 0 aliphatic carbocycles. The molecule has 2 heterocycles. The second kappa shape index (κ2) is 7.73. The van der Waals surface area contributed by atoms with Gasteiger partial charge in [-0.2, -0.15) is 5.10 Å². The monoisotopic (exact) mass is 440 g/mol. The molecule has 1 amide bonds. The van der Waals surface area contributed by atoms with Crippen molar-refractivity contribution in [3.8, 4) is 5.69 Å². The highest BCUT2D eigenvalue weighted by Gasteiger charge is 2.12. The van der Waals surface area contributed by atoms with E-state index in [0.717, 1.165) is 4.47 Å². The van der Waals surface area contributed by atoms with Crippen LogP contribution in [0.4, 0.5) is 15.9 Å². The molecule has 0 fully saturated rings. The van der Waals surface area contributed by atoms with Gasteiger partial charge in [-0.15, -0.1) is 0 Å². The van der Waals surface area contributed by atoms with E-state index in [9.17, 15) is 9.18 Å². The van der Waals surface area contributed by atoms with E-state index in [1.54, 1.807) is 29.1 Å².